The van der Waals surface area contributed by atoms with Crippen molar-refractivity contribution in [2.45, 2.75) is 6.92 Å². The van der Waals surface area contributed by atoms with Crippen LogP contribution in [0.2, 0.25) is 0 Å². The molecule has 2 heterocycles. The first-order chi connectivity index (χ1) is 13.2. The number of aromatic nitrogens is 3. The average molecular weight is 403 g/mol. The topological polar surface area (TPSA) is 172 Å². The molecule has 11 nitrogen and oxygen atoms in total. The van der Waals surface area contributed by atoms with E-state index in [1.54, 1.807) is 0 Å². The number of hydrogen-bond donors (Lipinski definition) is 2. The molecule has 0 bridgehead atoms. The summed E-state index contributed by atoms with van der Waals surface area (Å²) in [6.45, 7) is 2.03. The zero-order valence-electron chi connectivity index (χ0n) is 14.3. The van der Waals surface area contributed by atoms with Crippen LogP contribution in [0.3, 0.4) is 0 Å². The maximum Gasteiger partial charge on any atom is 0.284 e. The van der Waals surface area contributed by atoms with Gasteiger partial charge in [-0.25, -0.2) is 4.98 Å². The monoisotopic (exact) mass is 403 g/mol. The molecule has 0 aliphatic rings. The van der Waals surface area contributed by atoms with Crippen LogP contribution in [-0.2, 0) is 0 Å². The van der Waals surface area contributed by atoms with Crippen molar-refractivity contribution in [3.8, 4) is 17.0 Å². The second-order valence-corrected chi connectivity index (χ2v) is 5.78. The van der Waals surface area contributed by atoms with Crippen LogP contribution in [0.4, 0.5) is 11.4 Å². The van der Waals surface area contributed by atoms with Crippen molar-refractivity contribution in [3.63, 3.8) is 0 Å². The molecule has 0 saturated carbocycles. The van der Waals surface area contributed by atoms with Crippen LogP contribution in [-0.4, -0.2) is 19.8 Å². The highest BCUT2D eigenvalue weighted by molar-refractivity contribution is 7.71. The highest BCUT2D eigenvalue weighted by atomic mass is 32.1. The van der Waals surface area contributed by atoms with Gasteiger partial charge in [0.2, 0.25) is 0 Å². The number of benzene rings is 1. The van der Waals surface area contributed by atoms with Gasteiger partial charge in [0.1, 0.15) is 0 Å². The Morgan fingerprint density at radius 3 is 2.25 bits per heavy atom. The van der Waals surface area contributed by atoms with Crippen LogP contribution in [0.5, 0.6) is 5.88 Å². The number of pyridine rings is 1. The summed E-state index contributed by atoms with van der Waals surface area (Å²) in [5.74, 6) is -0.916. The number of nitro benzene ring substituents is 2. The Bertz CT molecular complexity index is 1140. The molecule has 144 valence electrons. The van der Waals surface area contributed by atoms with Crippen LogP contribution in [0.1, 0.15) is 5.69 Å². The van der Waals surface area contributed by atoms with Crippen LogP contribution < -0.4 is 15.6 Å². The largest absolute Gasteiger partial charge is 0.860 e. The summed E-state index contributed by atoms with van der Waals surface area (Å²) in [4.78, 5) is 38.9. The summed E-state index contributed by atoms with van der Waals surface area (Å²) in [5.41, 5.74) is -1.84. The molecule has 0 fully saturated rings. The van der Waals surface area contributed by atoms with E-state index in [1.165, 1.54) is 5.69 Å². The van der Waals surface area contributed by atoms with Gasteiger partial charge in [-0.05, 0) is 24.2 Å². The molecular weight excluding hydrogens is 390 g/mol. The third-order valence-electron chi connectivity index (χ3n) is 3.43. The van der Waals surface area contributed by atoms with Gasteiger partial charge >= 0.3 is 0 Å². The van der Waals surface area contributed by atoms with Crippen molar-refractivity contribution in [2.75, 3.05) is 0 Å². The first-order valence-corrected chi connectivity index (χ1v) is 8.01. The number of hydrogen-bond acceptors (Lipinski definition) is 7. The van der Waals surface area contributed by atoms with Crippen molar-refractivity contribution in [1.29, 1.82) is 0 Å². The summed E-state index contributed by atoms with van der Waals surface area (Å²) in [6, 6.07) is 8.61. The third-order valence-corrected chi connectivity index (χ3v) is 3.64. The number of H-pyrrole nitrogens is 3. The lowest BCUT2D eigenvalue weighted by Crippen LogP contribution is -2.15. The number of nitro groups is 2. The Labute approximate surface area is 161 Å². The van der Waals surface area contributed by atoms with Crippen molar-refractivity contribution in [3.05, 3.63) is 83.6 Å². The molecule has 0 radical (unpaired) electrons. The van der Waals surface area contributed by atoms with E-state index in [-0.39, 0.29) is 10.3 Å². The molecule has 0 unspecified atom stereocenters. The van der Waals surface area contributed by atoms with Crippen molar-refractivity contribution in [1.82, 2.24) is 9.97 Å². The fraction of sp³-hybridized carbons (Fsp3) is 0.0625. The van der Waals surface area contributed by atoms with Crippen LogP contribution in [0.15, 0.2) is 47.4 Å². The van der Waals surface area contributed by atoms with Gasteiger partial charge in [-0.15, -0.1) is 0 Å². The SMILES string of the molecule is Cc1cccc[nH+]1.O=c1[nH]c(=S)[nH]c([O-])c1-c1ccc([N+](=O)[O-])cc1[N+](=O)[O-]. The molecular formula is C16H13N5O6S. The Hall–Kier alpha value is -3.93. The maximum atomic E-state index is 11.8. The third kappa shape index (κ3) is 4.82. The van der Waals surface area contributed by atoms with Gasteiger partial charge in [0.15, 0.2) is 16.7 Å². The number of aromatic amines is 3. The van der Waals surface area contributed by atoms with Gasteiger partial charge in [0.25, 0.3) is 16.9 Å². The van der Waals surface area contributed by atoms with Gasteiger partial charge in [0, 0.05) is 25.1 Å². The molecule has 0 aliphatic heterocycles. The fourth-order valence-electron chi connectivity index (χ4n) is 2.19. The molecule has 3 N–H and O–H groups in total. The molecule has 0 spiro atoms. The number of rotatable bonds is 3. The second-order valence-electron chi connectivity index (χ2n) is 5.37. The van der Waals surface area contributed by atoms with E-state index in [0.29, 0.717) is 6.07 Å². The average Bonchev–Trinajstić information content (AvgIpc) is 2.62. The zero-order chi connectivity index (χ0) is 20.8. The highest BCUT2D eigenvalue weighted by Gasteiger charge is 2.22. The Morgan fingerprint density at radius 2 is 1.79 bits per heavy atom. The van der Waals surface area contributed by atoms with E-state index in [9.17, 15) is 30.1 Å². The van der Waals surface area contributed by atoms with Gasteiger partial charge in [0.05, 0.1) is 27.0 Å². The Morgan fingerprint density at radius 1 is 1.07 bits per heavy atom. The standard InChI is InChI=1S/C10H6N4O6S.C6H7N/c15-8-7(9(16)12-10(21)11-8)5-2-1-4(13(17)18)3-6(5)14(19)20;1-6-4-2-3-5-7-6/h1-3H,(H3,11,12,15,16,21);2-5H,1H3. The van der Waals surface area contributed by atoms with E-state index in [4.69, 9.17) is 0 Å². The minimum atomic E-state index is -0.916. The fourth-order valence-corrected chi connectivity index (χ4v) is 2.37. The summed E-state index contributed by atoms with van der Waals surface area (Å²) in [7, 11) is 0. The normalized spacial score (nSPS) is 9.89. The zero-order valence-corrected chi connectivity index (χ0v) is 15.1. The number of nitrogens with zero attached hydrogens (tertiary/aromatic N) is 2. The van der Waals surface area contributed by atoms with Gasteiger partial charge in [-0.3, -0.25) is 30.0 Å². The summed E-state index contributed by atoms with van der Waals surface area (Å²) < 4.78 is -0.224. The summed E-state index contributed by atoms with van der Waals surface area (Å²) in [6.07, 6.45) is 1.91. The lowest BCUT2D eigenvalue weighted by molar-refractivity contribution is -0.393. The van der Waals surface area contributed by atoms with E-state index < -0.39 is 38.2 Å². The van der Waals surface area contributed by atoms with Crippen LogP contribution in [0, 0.1) is 31.9 Å². The van der Waals surface area contributed by atoms with Gasteiger partial charge in [-0.1, -0.05) is 6.07 Å². The minimum Gasteiger partial charge on any atom is -0.860 e. The van der Waals surface area contributed by atoms with E-state index in [2.05, 4.69) is 27.2 Å². The molecule has 3 rings (SSSR count). The van der Waals surface area contributed by atoms with Crippen LogP contribution in [0.25, 0.3) is 11.1 Å². The molecule has 0 saturated heterocycles. The maximum absolute atomic E-state index is 11.8. The predicted molar refractivity (Wildman–Crippen MR) is 98.2 cm³/mol. The molecule has 2 aromatic heterocycles. The van der Waals surface area contributed by atoms with Crippen LogP contribution >= 0.6 is 12.2 Å². The molecule has 28 heavy (non-hydrogen) atoms. The highest BCUT2D eigenvalue weighted by Crippen LogP contribution is 2.33. The van der Waals surface area contributed by atoms with Crippen molar-refractivity contribution < 1.29 is 19.9 Å². The van der Waals surface area contributed by atoms with Crippen molar-refractivity contribution >= 4 is 23.6 Å². The lowest BCUT2D eigenvalue weighted by atomic mass is 10.1. The number of nitrogens with one attached hydrogen (secondary N) is 3. The summed E-state index contributed by atoms with van der Waals surface area (Å²) in [5, 5.41) is 33.4. The molecule has 1 aromatic carbocycles. The smallest absolute Gasteiger partial charge is 0.284 e. The van der Waals surface area contributed by atoms with Gasteiger partial charge < -0.3 is 10.1 Å². The predicted octanol–water partition coefficient (Wildman–Crippen LogP) is 1.80. The lowest BCUT2D eigenvalue weighted by Gasteiger charge is -2.11. The molecule has 0 aliphatic carbocycles. The molecule has 3 aromatic rings. The quantitative estimate of drug-likeness (QED) is 0.381. The first-order valence-electron chi connectivity index (χ1n) is 7.61. The Balaban J connectivity index is 0.000000336. The number of non-ortho nitro benzene ring substituents is 1. The second kappa shape index (κ2) is 8.64. The molecule has 0 amide bonds. The van der Waals surface area contributed by atoms with E-state index in [1.807, 2.05) is 31.3 Å². The van der Waals surface area contributed by atoms with E-state index >= 15 is 0 Å². The van der Waals surface area contributed by atoms with Crippen molar-refractivity contribution in [2.24, 2.45) is 0 Å². The molecule has 0 atom stereocenters. The van der Waals surface area contributed by atoms with E-state index in [0.717, 1.165) is 12.1 Å². The number of aryl methyl sites for hydroxylation is 1. The minimum absolute atomic E-state index is 0.224. The summed E-state index contributed by atoms with van der Waals surface area (Å²) >= 11 is 4.60. The first kappa shape index (κ1) is 20.4. The van der Waals surface area contributed by atoms with Gasteiger partial charge in [-0.2, -0.15) is 0 Å². The Kier molecular flexibility index (Phi) is 6.29. The molecule has 12 heteroatoms.